The molecule has 0 bridgehead atoms. The number of hydrogen-bond acceptors (Lipinski definition) is 8. The van der Waals surface area contributed by atoms with E-state index in [0.29, 0.717) is 50.1 Å². The van der Waals surface area contributed by atoms with Crippen LogP contribution in [0.15, 0.2) is 36.9 Å². The lowest BCUT2D eigenvalue weighted by molar-refractivity contribution is -0.384. The maximum absolute atomic E-state index is 13.0. The Morgan fingerprint density at radius 1 is 0.939 bits per heavy atom. The Labute approximate surface area is 193 Å². The number of halogens is 2. The van der Waals surface area contributed by atoms with Crippen molar-refractivity contribution in [3.05, 3.63) is 47.0 Å². The molecular weight excluding hydrogens is 434 g/mol. The lowest BCUT2D eigenvalue weighted by Crippen LogP contribution is -2.34. The highest BCUT2D eigenvalue weighted by atomic mass is 19.1. The van der Waals surface area contributed by atoms with Crippen LogP contribution in [0, 0.1) is 10.1 Å². The minimum absolute atomic E-state index is 0. The predicted molar refractivity (Wildman–Crippen MR) is 127 cm³/mol. The molecule has 184 valence electrons. The first-order valence-corrected chi connectivity index (χ1v) is 10.5. The molecular formula is C22H34F2N6O3. The van der Waals surface area contributed by atoms with Gasteiger partial charge in [0.1, 0.15) is 24.2 Å². The summed E-state index contributed by atoms with van der Waals surface area (Å²) in [6.45, 7) is 2.53. The number of nitrogens with two attached hydrogens (primary N) is 1. The number of nitrogens with zero attached hydrogens (tertiary/aromatic N) is 5. The first-order valence-electron chi connectivity index (χ1n) is 10.5. The van der Waals surface area contributed by atoms with Gasteiger partial charge in [-0.05, 0) is 37.8 Å². The summed E-state index contributed by atoms with van der Waals surface area (Å²) in [6, 6.07) is 3.49. The zero-order valence-corrected chi connectivity index (χ0v) is 18.1. The summed E-state index contributed by atoms with van der Waals surface area (Å²) in [5, 5.41) is 17.8. The van der Waals surface area contributed by atoms with Gasteiger partial charge in [0.2, 0.25) is 0 Å². The van der Waals surface area contributed by atoms with Crippen molar-refractivity contribution >= 4 is 22.7 Å². The molecule has 0 amide bonds. The zero-order chi connectivity index (χ0) is 23.5. The summed E-state index contributed by atoms with van der Waals surface area (Å²) in [5.41, 5.74) is 7.96. The molecule has 0 aliphatic carbocycles. The maximum Gasteiger partial charge on any atom is 0.310 e. The molecule has 2 aromatic heterocycles. The average molecular weight is 469 g/mol. The smallest absolute Gasteiger partial charge is 0.310 e. The first-order chi connectivity index (χ1) is 15.5. The molecule has 3 N–H and O–H groups in total. The van der Waals surface area contributed by atoms with E-state index in [2.05, 4.69) is 14.9 Å². The quantitative estimate of drug-likeness (QED) is 0.516. The van der Waals surface area contributed by atoms with Crippen LogP contribution in [0.5, 0.6) is 0 Å². The highest BCUT2D eigenvalue weighted by Gasteiger charge is 2.24. The fourth-order valence-corrected chi connectivity index (χ4v) is 3.65. The van der Waals surface area contributed by atoms with Gasteiger partial charge < -0.3 is 20.6 Å². The van der Waals surface area contributed by atoms with Gasteiger partial charge in [-0.15, -0.1) is 0 Å². The number of aromatic nitrogens is 2. The number of alkyl halides is 2. The van der Waals surface area contributed by atoms with Crippen molar-refractivity contribution in [3.63, 3.8) is 0 Å². The summed E-state index contributed by atoms with van der Waals surface area (Å²) in [4.78, 5) is 22.0. The lowest BCUT2D eigenvalue weighted by atomic mass is 10.1. The standard InChI is InChI=1S/C10H12FN3O2.C10H14FN3.CH4O.CH4/c11-8-2-5-13(6-3-8)9-1-4-12-7-10(9)14(15)16;11-8-2-5-14(6-3-8)10-1-4-13-7-9(10)12;1-2;/h1,4,7-8H,2-3,5-6H2;1,4,7-8H,2-3,5-6,12H2;2H,1H3;1H4. The molecule has 0 radical (unpaired) electrons. The minimum Gasteiger partial charge on any atom is -0.400 e. The van der Waals surface area contributed by atoms with E-state index in [0.717, 1.165) is 25.9 Å². The number of nitro groups is 1. The van der Waals surface area contributed by atoms with Crippen LogP contribution >= 0.6 is 0 Å². The van der Waals surface area contributed by atoms with E-state index < -0.39 is 17.3 Å². The first kappa shape index (κ1) is 28.0. The van der Waals surface area contributed by atoms with Crippen LogP contribution in [0.25, 0.3) is 0 Å². The Kier molecular flexibility index (Phi) is 12.0. The Hall–Kier alpha value is -3.08. The second-order valence-corrected chi connectivity index (χ2v) is 7.38. The lowest BCUT2D eigenvalue weighted by Gasteiger charge is -2.31. The number of nitrogen functional groups attached to an aromatic ring is 1. The van der Waals surface area contributed by atoms with E-state index in [1.165, 1.54) is 12.4 Å². The van der Waals surface area contributed by atoms with E-state index in [1.807, 2.05) is 11.0 Å². The van der Waals surface area contributed by atoms with E-state index in [1.54, 1.807) is 18.5 Å². The van der Waals surface area contributed by atoms with Gasteiger partial charge >= 0.3 is 5.69 Å². The molecule has 0 saturated carbocycles. The largest absolute Gasteiger partial charge is 0.400 e. The maximum atomic E-state index is 13.0. The number of piperidine rings is 2. The van der Waals surface area contributed by atoms with Crippen LogP contribution in [-0.2, 0) is 0 Å². The van der Waals surface area contributed by atoms with Crippen molar-refractivity contribution in [2.45, 2.75) is 45.5 Å². The normalized spacial score (nSPS) is 16.5. The number of aliphatic hydroxyl groups is 1. The van der Waals surface area contributed by atoms with E-state index in [9.17, 15) is 18.9 Å². The SMILES string of the molecule is C.CO.Nc1cnccc1N1CCC(F)CC1.O=[N+]([O-])c1cnccc1N1CCC(F)CC1. The third-order valence-corrected chi connectivity index (χ3v) is 5.33. The fourth-order valence-electron chi connectivity index (χ4n) is 3.65. The van der Waals surface area contributed by atoms with Crippen LogP contribution in [0.2, 0.25) is 0 Å². The highest BCUT2D eigenvalue weighted by Crippen LogP contribution is 2.29. The van der Waals surface area contributed by atoms with Gasteiger partial charge in [-0.3, -0.25) is 20.1 Å². The van der Waals surface area contributed by atoms with E-state index >= 15 is 0 Å². The van der Waals surface area contributed by atoms with Crippen LogP contribution in [0.4, 0.5) is 31.5 Å². The van der Waals surface area contributed by atoms with Crippen LogP contribution in [0.1, 0.15) is 33.1 Å². The molecule has 0 atom stereocenters. The van der Waals surface area contributed by atoms with Crippen molar-refractivity contribution in [1.29, 1.82) is 0 Å². The summed E-state index contributed by atoms with van der Waals surface area (Å²) in [6.07, 6.45) is 6.74. The fraction of sp³-hybridized carbons (Fsp3) is 0.545. The van der Waals surface area contributed by atoms with Crippen LogP contribution in [-0.4, -0.2) is 65.6 Å². The number of aliphatic hydroxyl groups excluding tert-OH is 1. The van der Waals surface area contributed by atoms with Crippen molar-refractivity contribution in [1.82, 2.24) is 9.97 Å². The minimum atomic E-state index is -0.780. The Bertz CT molecular complexity index is 844. The molecule has 2 aliphatic rings. The average Bonchev–Trinajstić information content (AvgIpc) is 2.82. The van der Waals surface area contributed by atoms with Crippen LogP contribution in [0.3, 0.4) is 0 Å². The third kappa shape index (κ3) is 8.08. The van der Waals surface area contributed by atoms with E-state index in [-0.39, 0.29) is 13.1 Å². The van der Waals surface area contributed by atoms with Gasteiger partial charge in [-0.25, -0.2) is 8.78 Å². The van der Waals surface area contributed by atoms with Gasteiger partial charge in [0.05, 0.1) is 22.5 Å². The van der Waals surface area contributed by atoms with Crippen molar-refractivity contribution in [2.75, 3.05) is 48.8 Å². The third-order valence-electron chi connectivity index (χ3n) is 5.33. The number of rotatable bonds is 3. The monoisotopic (exact) mass is 468 g/mol. The van der Waals surface area contributed by atoms with Gasteiger partial charge in [-0.1, -0.05) is 7.43 Å². The Balaban J connectivity index is 0.000000301. The molecule has 2 saturated heterocycles. The molecule has 2 fully saturated rings. The predicted octanol–water partition coefficient (Wildman–Crippen LogP) is 3.77. The Morgan fingerprint density at radius 2 is 1.36 bits per heavy atom. The van der Waals surface area contributed by atoms with Crippen molar-refractivity contribution in [3.8, 4) is 0 Å². The Morgan fingerprint density at radius 3 is 1.82 bits per heavy atom. The molecule has 4 rings (SSSR count). The molecule has 2 aliphatic heterocycles. The number of hydrogen-bond donors (Lipinski definition) is 2. The summed E-state index contributed by atoms with van der Waals surface area (Å²) >= 11 is 0. The van der Waals surface area contributed by atoms with Gasteiger partial charge in [0.15, 0.2) is 0 Å². The second-order valence-electron chi connectivity index (χ2n) is 7.38. The molecule has 0 aromatic carbocycles. The number of pyridine rings is 2. The van der Waals surface area contributed by atoms with Crippen LogP contribution < -0.4 is 15.5 Å². The van der Waals surface area contributed by atoms with Crippen molar-refractivity contribution in [2.24, 2.45) is 0 Å². The van der Waals surface area contributed by atoms with Crippen molar-refractivity contribution < 1.29 is 18.8 Å². The molecule has 4 heterocycles. The molecule has 2 aromatic rings. The molecule has 0 spiro atoms. The summed E-state index contributed by atoms with van der Waals surface area (Å²) in [7, 11) is 1.00. The second kappa shape index (κ2) is 14.1. The van der Waals surface area contributed by atoms with Gasteiger partial charge in [-0.2, -0.15) is 0 Å². The summed E-state index contributed by atoms with van der Waals surface area (Å²) < 4.78 is 25.9. The topological polar surface area (TPSA) is 122 Å². The molecule has 9 nitrogen and oxygen atoms in total. The summed E-state index contributed by atoms with van der Waals surface area (Å²) in [5.74, 6) is 0. The number of anilines is 3. The molecule has 33 heavy (non-hydrogen) atoms. The van der Waals surface area contributed by atoms with E-state index in [4.69, 9.17) is 10.8 Å². The zero-order valence-electron chi connectivity index (χ0n) is 18.1. The van der Waals surface area contributed by atoms with Gasteiger partial charge in [0.25, 0.3) is 0 Å². The highest BCUT2D eigenvalue weighted by molar-refractivity contribution is 5.66. The molecule has 11 heteroatoms. The molecule has 0 unspecified atom stereocenters. The van der Waals surface area contributed by atoms with Gasteiger partial charge in [0, 0.05) is 45.7 Å².